The van der Waals surface area contributed by atoms with Gasteiger partial charge in [0.15, 0.2) is 0 Å². The maximum Gasteiger partial charge on any atom is 0.404 e. The largest absolute Gasteiger partial charge is 0.445 e. The molecule has 3 aromatic rings. The molecule has 1 aliphatic rings. The van der Waals surface area contributed by atoms with Crippen LogP contribution in [0.4, 0.5) is 21.0 Å². The number of benzene rings is 3. The van der Waals surface area contributed by atoms with E-state index in [4.69, 9.17) is 22.0 Å². The molecule has 3 aromatic carbocycles. The first-order valence-corrected chi connectivity index (χ1v) is 18.7. The Bertz CT molecular complexity index is 1990. The quantitative estimate of drug-likeness (QED) is 0.0515. The first kappa shape index (κ1) is 42.7. The van der Waals surface area contributed by atoms with Gasteiger partial charge in [-0.1, -0.05) is 68.4 Å². The summed E-state index contributed by atoms with van der Waals surface area (Å²) in [4.78, 5) is 78.1. The number of para-hydroxylation sites is 1. The van der Waals surface area contributed by atoms with Crippen LogP contribution in [0.1, 0.15) is 61.8 Å². The average Bonchev–Trinajstić information content (AvgIpc) is 3.17. The van der Waals surface area contributed by atoms with Crippen molar-refractivity contribution in [3.63, 3.8) is 0 Å². The van der Waals surface area contributed by atoms with Crippen LogP contribution in [0.25, 0.3) is 0 Å². The number of nitrogens with two attached hydrogens (primary N) is 3. The number of carbonyl (C=O) groups is 6. The third kappa shape index (κ3) is 11.7. The monoisotopic (exact) mass is 880 g/mol. The highest BCUT2D eigenvalue weighted by Crippen LogP contribution is 2.30. The Morgan fingerprint density at radius 1 is 0.857 bits per heavy atom. The summed E-state index contributed by atoms with van der Waals surface area (Å²) < 4.78 is 9.22. The molecule has 0 radical (unpaired) electrons. The van der Waals surface area contributed by atoms with E-state index in [2.05, 4.69) is 29.6 Å². The smallest absolute Gasteiger partial charge is 0.404 e. The zero-order chi connectivity index (χ0) is 40.8. The molecule has 0 bridgehead atoms. The fourth-order valence-corrected chi connectivity index (χ4v) is 6.49. The summed E-state index contributed by atoms with van der Waals surface area (Å²) in [6.45, 7) is 3.77. The fourth-order valence-electron chi connectivity index (χ4n) is 6.00. The van der Waals surface area contributed by atoms with Gasteiger partial charge in [0.25, 0.3) is 0 Å². The number of halogens is 1. The van der Waals surface area contributed by atoms with E-state index >= 15 is 0 Å². The predicted octanol–water partition coefficient (Wildman–Crippen LogP) is 3.12. The predicted molar refractivity (Wildman–Crippen MR) is 220 cm³/mol. The molecule has 0 aliphatic carbocycles. The Morgan fingerprint density at radius 3 is 2.18 bits per heavy atom. The third-order valence-electron chi connectivity index (χ3n) is 8.83. The standard InChI is InChI=1S/C38H45IN10O7/c1-22(2)32(36(53)45-28(11-7-19-43-37(40)54)35(52)44-25-15-13-23(14-16-25)21-56-38(41)55)46-30(50)17-18-31(51)49-20-24-8-3-4-9-26(24)34(48-42)33(47-39)27-10-5-6-12-29(27)49/h3-6,8-10,12-16,22,28,32H,7,11,17-21,42H2,1-2H3,(H2,41,55)(H,44,52)(H,45,53)(H,46,50)(H3,40,43,54)/t28-,32-/m0/s1. The molecule has 0 fully saturated rings. The molecular formula is C38H45IN10O7. The topological polar surface area (TPSA) is 266 Å². The van der Waals surface area contributed by atoms with Gasteiger partial charge in [-0.25, -0.2) is 12.8 Å². The van der Waals surface area contributed by atoms with Gasteiger partial charge in [0.05, 0.1) is 35.1 Å². The molecule has 0 spiro atoms. The summed E-state index contributed by atoms with van der Waals surface area (Å²) in [6.07, 6.45) is -0.896. The molecule has 296 valence electrons. The van der Waals surface area contributed by atoms with Crippen LogP contribution in [0, 0.1) is 5.92 Å². The third-order valence-corrected chi connectivity index (χ3v) is 9.31. The second-order valence-corrected chi connectivity index (χ2v) is 13.6. The van der Waals surface area contributed by atoms with Gasteiger partial charge in [-0.3, -0.25) is 19.2 Å². The number of rotatable bonds is 15. The van der Waals surface area contributed by atoms with Crippen molar-refractivity contribution < 1.29 is 33.5 Å². The van der Waals surface area contributed by atoms with Crippen LogP contribution in [0.5, 0.6) is 0 Å². The number of hydrogen-bond acceptors (Lipinski definition) is 10. The fraction of sp³-hybridized carbons (Fsp3) is 0.316. The SMILES string of the molecule is CC(C)[C@H](NC(=O)CCC(=O)N1Cc2ccccc2C(=NN)C(=NI)c2ccccc21)C(=O)N[C@@H](CCCNC(N)=O)C(=O)Nc1ccc(COC(N)=O)cc1. The Hall–Kier alpha value is -6.05. The lowest BCUT2D eigenvalue weighted by Gasteiger charge is -2.29. The molecule has 0 unspecified atom stereocenters. The highest BCUT2D eigenvalue weighted by atomic mass is 127. The normalized spacial score (nSPS) is 14.7. The molecule has 0 saturated carbocycles. The Balaban J connectivity index is 1.45. The van der Waals surface area contributed by atoms with Gasteiger partial charge in [-0.15, -0.1) is 0 Å². The van der Waals surface area contributed by atoms with Crippen LogP contribution in [-0.2, 0) is 37.1 Å². The number of primary amides is 2. The number of hydrogen-bond donors (Lipinski definition) is 7. The second kappa shape index (κ2) is 20.6. The molecule has 1 heterocycles. The van der Waals surface area contributed by atoms with Gasteiger partial charge in [-0.2, -0.15) is 5.10 Å². The van der Waals surface area contributed by atoms with Gasteiger partial charge in [-0.05, 0) is 48.1 Å². The van der Waals surface area contributed by atoms with Crippen molar-refractivity contribution in [3.8, 4) is 0 Å². The van der Waals surface area contributed by atoms with Crippen LogP contribution in [-0.4, -0.2) is 65.8 Å². The van der Waals surface area contributed by atoms with Gasteiger partial charge in [0, 0.05) is 36.2 Å². The summed E-state index contributed by atoms with van der Waals surface area (Å²) in [5, 5.41) is 14.7. The van der Waals surface area contributed by atoms with Gasteiger partial charge in [0.2, 0.25) is 23.6 Å². The molecule has 56 heavy (non-hydrogen) atoms. The number of fused-ring (bicyclic) bond motifs is 2. The first-order chi connectivity index (χ1) is 26.8. The number of ether oxygens (including phenoxy) is 1. The molecule has 0 saturated heterocycles. The highest BCUT2D eigenvalue weighted by molar-refractivity contribution is 14.1. The van der Waals surface area contributed by atoms with Gasteiger partial charge >= 0.3 is 12.1 Å². The van der Waals surface area contributed by atoms with Crippen molar-refractivity contribution in [3.05, 3.63) is 95.1 Å². The first-order valence-electron chi connectivity index (χ1n) is 17.7. The van der Waals surface area contributed by atoms with Crippen LogP contribution in [0.3, 0.4) is 0 Å². The van der Waals surface area contributed by atoms with Crippen LogP contribution >= 0.6 is 22.9 Å². The minimum absolute atomic E-state index is 0.0487. The summed E-state index contributed by atoms with van der Waals surface area (Å²) in [5.41, 5.74) is 14.9. The van der Waals surface area contributed by atoms with Crippen LogP contribution in [0.2, 0.25) is 0 Å². The minimum Gasteiger partial charge on any atom is -0.445 e. The van der Waals surface area contributed by atoms with Crippen molar-refractivity contribution >= 4 is 81.4 Å². The second-order valence-electron chi connectivity index (χ2n) is 13.1. The molecule has 7 amide bonds. The van der Waals surface area contributed by atoms with Crippen molar-refractivity contribution in [2.75, 3.05) is 16.8 Å². The molecule has 4 rings (SSSR count). The Morgan fingerprint density at radius 2 is 1.54 bits per heavy atom. The zero-order valence-electron chi connectivity index (χ0n) is 30.9. The molecule has 1 aliphatic heterocycles. The lowest BCUT2D eigenvalue weighted by atomic mass is 9.92. The number of urea groups is 1. The molecule has 2 atom stereocenters. The van der Waals surface area contributed by atoms with E-state index in [1.807, 2.05) is 59.3 Å². The van der Waals surface area contributed by atoms with Crippen LogP contribution in [0.15, 0.2) is 81.1 Å². The maximum absolute atomic E-state index is 13.9. The number of carbonyl (C=O) groups excluding carboxylic acids is 6. The van der Waals surface area contributed by atoms with E-state index in [-0.39, 0.29) is 44.9 Å². The van der Waals surface area contributed by atoms with E-state index in [1.54, 1.807) is 55.1 Å². The van der Waals surface area contributed by atoms with E-state index < -0.39 is 47.8 Å². The zero-order valence-corrected chi connectivity index (χ0v) is 33.1. The number of anilines is 2. The molecule has 17 nitrogen and oxygen atoms in total. The number of hydrazone groups is 1. The number of nitrogens with zero attached hydrogens (tertiary/aromatic N) is 3. The Kier molecular flexibility index (Phi) is 15.7. The maximum atomic E-state index is 13.9. The van der Waals surface area contributed by atoms with Crippen molar-refractivity contribution in [2.24, 2.45) is 31.5 Å². The summed E-state index contributed by atoms with van der Waals surface area (Å²) in [6, 6.07) is 18.3. The van der Waals surface area contributed by atoms with E-state index in [0.717, 1.165) is 11.1 Å². The molecule has 10 N–H and O–H groups in total. The Labute approximate surface area is 337 Å². The molecule has 0 aromatic heterocycles. The molecule has 18 heteroatoms. The number of nitrogens with one attached hydrogen (secondary N) is 4. The van der Waals surface area contributed by atoms with Crippen molar-refractivity contribution in [2.45, 2.75) is 64.8 Å². The van der Waals surface area contributed by atoms with Gasteiger partial charge < -0.3 is 48.2 Å². The lowest BCUT2D eigenvalue weighted by Crippen LogP contribution is -2.54. The van der Waals surface area contributed by atoms with E-state index in [1.165, 1.54) is 0 Å². The summed E-state index contributed by atoms with van der Waals surface area (Å²) in [5.74, 6) is 3.43. The van der Waals surface area contributed by atoms with E-state index in [0.29, 0.717) is 40.3 Å². The van der Waals surface area contributed by atoms with Gasteiger partial charge in [0.1, 0.15) is 30.1 Å². The average molecular weight is 881 g/mol. The molecular weight excluding hydrogens is 835 g/mol. The van der Waals surface area contributed by atoms with Crippen molar-refractivity contribution in [1.29, 1.82) is 0 Å². The highest BCUT2D eigenvalue weighted by Gasteiger charge is 2.31. The number of amides is 7. The lowest BCUT2D eigenvalue weighted by molar-refractivity contribution is -0.132. The van der Waals surface area contributed by atoms with Crippen molar-refractivity contribution in [1.82, 2.24) is 16.0 Å². The van der Waals surface area contributed by atoms with E-state index in [9.17, 15) is 28.8 Å². The van der Waals surface area contributed by atoms with Crippen LogP contribution < -0.4 is 43.5 Å². The summed E-state index contributed by atoms with van der Waals surface area (Å²) >= 11 is 1.88. The minimum atomic E-state index is -1.06. The summed E-state index contributed by atoms with van der Waals surface area (Å²) in [7, 11) is 0.